The van der Waals surface area contributed by atoms with Gasteiger partial charge in [0, 0.05) is 23.3 Å². The molecule has 0 saturated carbocycles. The average Bonchev–Trinajstić information content (AvgIpc) is 2.83. The Kier molecular flexibility index (Phi) is 4.47. The number of hydrogen-bond donors (Lipinski definition) is 3. The van der Waals surface area contributed by atoms with E-state index < -0.39 is 0 Å². The first-order valence-corrected chi connectivity index (χ1v) is 7.08. The summed E-state index contributed by atoms with van der Waals surface area (Å²) in [6, 6.07) is 1.60. The minimum Gasteiger partial charge on any atom is -0.356 e. The molecule has 1 saturated heterocycles. The second-order valence-electron chi connectivity index (χ2n) is 4.65. The highest BCUT2D eigenvalue weighted by Crippen LogP contribution is 2.16. The third-order valence-corrected chi connectivity index (χ3v) is 3.70. The maximum atomic E-state index is 11.9. The van der Waals surface area contributed by atoms with Gasteiger partial charge in [-0.3, -0.25) is 10.2 Å². The second kappa shape index (κ2) is 6.10. The van der Waals surface area contributed by atoms with Crippen molar-refractivity contribution in [2.45, 2.75) is 32.2 Å². The second-order valence-corrected chi connectivity index (χ2v) is 5.57. The number of hydrazine groups is 1. The number of likely N-dealkylation sites (tertiary alicyclic amines) is 1. The summed E-state index contributed by atoms with van der Waals surface area (Å²) >= 11 is 3.24. The lowest BCUT2D eigenvalue weighted by Crippen LogP contribution is -2.52. The topological polar surface area (TPSA) is 77.2 Å². The van der Waals surface area contributed by atoms with Crippen LogP contribution in [0.5, 0.6) is 0 Å². The van der Waals surface area contributed by atoms with Crippen LogP contribution in [0.4, 0.5) is 4.79 Å². The first kappa shape index (κ1) is 13.9. The number of rotatable bonds is 1. The number of carbonyl (C=O) groups excluding carboxylic acids is 2. The molecule has 1 aromatic heterocycles. The molecule has 7 heteroatoms. The monoisotopic (exact) mass is 328 g/mol. The number of urea groups is 1. The van der Waals surface area contributed by atoms with E-state index in [4.69, 9.17) is 0 Å². The Hall–Kier alpha value is -1.50. The molecule has 1 aliphatic rings. The molecule has 0 bridgehead atoms. The minimum absolute atomic E-state index is 0.213. The Balaban J connectivity index is 1.84. The number of halogens is 1. The molecule has 1 fully saturated rings. The quantitative estimate of drug-likeness (QED) is 0.689. The fourth-order valence-corrected chi connectivity index (χ4v) is 2.49. The summed E-state index contributed by atoms with van der Waals surface area (Å²) in [6.07, 6.45) is 4.82. The summed E-state index contributed by atoms with van der Waals surface area (Å²) in [5, 5.41) is 0. The molecule has 104 valence electrons. The van der Waals surface area contributed by atoms with Gasteiger partial charge in [-0.1, -0.05) is 0 Å². The van der Waals surface area contributed by atoms with Crippen LogP contribution in [-0.2, 0) is 0 Å². The van der Waals surface area contributed by atoms with E-state index in [1.165, 1.54) is 0 Å². The number of nitrogens with zero attached hydrogens (tertiary/aromatic N) is 1. The summed E-state index contributed by atoms with van der Waals surface area (Å²) in [4.78, 5) is 28.2. The van der Waals surface area contributed by atoms with Gasteiger partial charge in [0.05, 0.1) is 0 Å². The fraction of sp³-hybridized carbons (Fsp3) is 0.500. The fourth-order valence-electron chi connectivity index (χ4n) is 2.15. The lowest BCUT2D eigenvalue weighted by atomic mass is 10.0. The minimum atomic E-state index is -0.372. The molecule has 2 heterocycles. The molecular formula is C12H17BrN4O2. The maximum Gasteiger partial charge on any atom is 0.336 e. The van der Waals surface area contributed by atoms with Crippen molar-refractivity contribution in [2.75, 3.05) is 6.54 Å². The SMILES string of the molecule is C[C@H]1CCCCN1C(=O)NNC(=O)c1cc(Br)c[nH]1. The Labute approximate surface area is 120 Å². The van der Waals surface area contributed by atoms with Gasteiger partial charge in [-0.2, -0.15) is 0 Å². The van der Waals surface area contributed by atoms with Crippen LogP contribution in [0.3, 0.4) is 0 Å². The zero-order valence-corrected chi connectivity index (χ0v) is 12.3. The molecule has 0 spiro atoms. The zero-order valence-electron chi connectivity index (χ0n) is 10.7. The number of aromatic amines is 1. The number of piperidine rings is 1. The third-order valence-electron chi connectivity index (χ3n) is 3.24. The third kappa shape index (κ3) is 3.50. The van der Waals surface area contributed by atoms with E-state index in [0.29, 0.717) is 5.69 Å². The maximum absolute atomic E-state index is 11.9. The molecule has 1 aromatic rings. The summed E-state index contributed by atoms with van der Waals surface area (Å²) in [5.41, 5.74) is 5.23. The molecule has 0 unspecified atom stereocenters. The van der Waals surface area contributed by atoms with Gasteiger partial charge in [-0.25, -0.2) is 10.2 Å². The van der Waals surface area contributed by atoms with Crippen molar-refractivity contribution in [3.8, 4) is 0 Å². The molecule has 1 aliphatic heterocycles. The van der Waals surface area contributed by atoms with Gasteiger partial charge >= 0.3 is 6.03 Å². The van der Waals surface area contributed by atoms with Crippen LogP contribution < -0.4 is 10.9 Å². The Morgan fingerprint density at radius 1 is 1.42 bits per heavy atom. The number of amides is 3. The predicted molar refractivity (Wildman–Crippen MR) is 74.5 cm³/mol. The van der Waals surface area contributed by atoms with Crippen molar-refractivity contribution < 1.29 is 9.59 Å². The molecule has 3 amide bonds. The van der Waals surface area contributed by atoms with Gasteiger partial charge in [-0.15, -0.1) is 0 Å². The molecule has 1 atom stereocenters. The van der Waals surface area contributed by atoms with E-state index in [2.05, 4.69) is 31.8 Å². The van der Waals surface area contributed by atoms with Gasteiger partial charge in [0.2, 0.25) is 0 Å². The number of H-pyrrole nitrogens is 1. The highest BCUT2D eigenvalue weighted by molar-refractivity contribution is 9.10. The smallest absolute Gasteiger partial charge is 0.336 e. The summed E-state index contributed by atoms with van der Waals surface area (Å²) in [5.74, 6) is -0.372. The number of aromatic nitrogens is 1. The van der Waals surface area contributed by atoms with Crippen molar-refractivity contribution in [3.63, 3.8) is 0 Å². The van der Waals surface area contributed by atoms with Gasteiger partial charge in [0.1, 0.15) is 5.69 Å². The van der Waals surface area contributed by atoms with E-state index in [1.807, 2.05) is 6.92 Å². The van der Waals surface area contributed by atoms with Crippen LogP contribution in [0.15, 0.2) is 16.7 Å². The average molecular weight is 329 g/mol. The van der Waals surface area contributed by atoms with Crippen LogP contribution >= 0.6 is 15.9 Å². The standard InChI is InChI=1S/C12H17BrN4O2/c1-8-4-2-3-5-17(8)12(19)16-15-11(18)10-6-9(13)7-14-10/h6-8,14H,2-5H2,1H3,(H,15,18)(H,16,19)/t8-/m0/s1. The zero-order chi connectivity index (χ0) is 13.8. The van der Waals surface area contributed by atoms with Gasteiger partial charge < -0.3 is 9.88 Å². The number of carbonyl (C=O) groups is 2. The van der Waals surface area contributed by atoms with Crippen LogP contribution in [0.2, 0.25) is 0 Å². The highest BCUT2D eigenvalue weighted by Gasteiger charge is 2.23. The Morgan fingerprint density at radius 2 is 2.21 bits per heavy atom. The first-order chi connectivity index (χ1) is 9.08. The van der Waals surface area contributed by atoms with E-state index in [1.54, 1.807) is 17.2 Å². The molecule has 2 rings (SSSR count). The molecule has 0 radical (unpaired) electrons. The van der Waals surface area contributed by atoms with E-state index in [9.17, 15) is 9.59 Å². The summed E-state index contributed by atoms with van der Waals surface area (Å²) in [6.45, 7) is 2.75. The largest absolute Gasteiger partial charge is 0.356 e. The summed E-state index contributed by atoms with van der Waals surface area (Å²) < 4.78 is 0.786. The van der Waals surface area contributed by atoms with Gasteiger partial charge in [-0.05, 0) is 48.2 Å². The molecule has 0 aliphatic carbocycles. The van der Waals surface area contributed by atoms with Crippen LogP contribution in [0.1, 0.15) is 36.7 Å². The van der Waals surface area contributed by atoms with Crippen LogP contribution in [0, 0.1) is 0 Å². The van der Waals surface area contributed by atoms with Crippen molar-refractivity contribution in [2.24, 2.45) is 0 Å². The molecule has 6 nitrogen and oxygen atoms in total. The van der Waals surface area contributed by atoms with Crippen molar-refractivity contribution >= 4 is 27.9 Å². The van der Waals surface area contributed by atoms with Gasteiger partial charge in [0.15, 0.2) is 0 Å². The Bertz CT molecular complexity index is 474. The van der Waals surface area contributed by atoms with E-state index >= 15 is 0 Å². The molecular weight excluding hydrogens is 312 g/mol. The van der Waals surface area contributed by atoms with Crippen molar-refractivity contribution in [1.29, 1.82) is 0 Å². The lowest BCUT2D eigenvalue weighted by molar-refractivity contribution is 0.0917. The predicted octanol–water partition coefficient (Wildman–Crippen LogP) is 2.01. The van der Waals surface area contributed by atoms with E-state index in [0.717, 1.165) is 30.3 Å². The molecule has 19 heavy (non-hydrogen) atoms. The van der Waals surface area contributed by atoms with Gasteiger partial charge in [0.25, 0.3) is 5.91 Å². The van der Waals surface area contributed by atoms with Crippen molar-refractivity contribution in [3.05, 3.63) is 22.4 Å². The Morgan fingerprint density at radius 3 is 2.84 bits per heavy atom. The summed E-state index contributed by atoms with van der Waals surface area (Å²) in [7, 11) is 0. The highest BCUT2D eigenvalue weighted by atomic mass is 79.9. The molecule has 0 aromatic carbocycles. The molecule has 3 N–H and O–H groups in total. The number of nitrogens with one attached hydrogen (secondary N) is 3. The van der Waals surface area contributed by atoms with Crippen molar-refractivity contribution in [1.82, 2.24) is 20.7 Å². The number of hydrogen-bond acceptors (Lipinski definition) is 2. The lowest BCUT2D eigenvalue weighted by Gasteiger charge is -2.33. The van der Waals surface area contributed by atoms with Crippen LogP contribution in [-0.4, -0.2) is 34.4 Å². The normalized spacial score (nSPS) is 19.1. The first-order valence-electron chi connectivity index (χ1n) is 6.29. The van der Waals surface area contributed by atoms with E-state index in [-0.39, 0.29) is 18.0 Å². The van der Waals surface area contributed by atoms with Crippen LogP contribution in [0.25, 0.3) is 0 Å².